The zero-order valence-corrected chi connectivity index (χ0v) is 11.6. The SMILES string of the molecule is CCOC(=O)C(Sc1ncnn1C)c1ccccc1. The Morgan fingerprint density at radius 3 is 2.74 bits per heavy atom. The highest BCUT2D eigenvalue weighted by atomic mass is 32.2. The molecule has 1 aromatic carbocycles. The summed E-state index contributed by atoms with van der Waals surface area (Å²) in [6.45, 7) is 2.16. The van der Waals surface area contributed by atoms with Gasteiger partial charge in [-0.25, -0.2) is 9.67 Å². The zero-order valence-electron chi connectivity index (χ0n) is 10.8. The Balaban J connectivity index is 2.25. The van der Waals surface area contributed by atoms with Crippen molar-refractivity contribution >= 4 is 17.7 Å². The molecule has 5 nitrogen and oxygen atoms in total. The number of hydrogen-bond acceptors (Lipinski definition) is 5. The van der Waals surface area contributed by atoms with E-state index in [2.05, 4.69) is 10.1 Å². The summed E-state index contributed by atoms with van der Waals surface area (Å²) in [4.78, 5) is 16.2. The number of aryl methyl sites for hydroxylation is 1. The van der Waals surface area contributed by atoms with Gasteiger partial charge in [0.05, 0.1) is 6.61 Å². The molecule has 100 valence electrons. The lowest BCUT2D eigenvalue weighted by Gasteiger charge is -2.14. The van der Waals surface area contributed by atoms with Crippen molar-refractivity contribution in [3.63, 3.8) is 0 Å². The van der Waals surface area contributed by atoms with Crippen LogP contribution in [-0.2, 0) is 16.6 Å². The van der Waals surface area contributed by atoms with E-state index < -0.39 is 5.25 Å². The van der Waals surface area contributed by atoms with Gasteiger partial charge in [-0.1, -0.05) is 42.1 Å². The van der Waals surface area contributed by atoms with Crippen molar-refractivity contribution in [1.29, 1.82) is 0 Å². The van der Waals surface area contributed by atoms with Crippen molar-refractivity contribution in [2.75, 3.05) is 6.61 Å². The lowest BCUT2D eigenvalue weighted by Crippen LogP contribution is -2.14. The number of esters is 1. The van der Waals surface area contributed by atoms with Crippen LogP contribution in [0.3, 0.4) is 0 Å². The molecule has 2 aromatic rings. The predicted molar refractivity (Wildman–Crippen MR) is 72.7 cm³/mol. The molecule has 0 aliphatic carbocycles. The predicted octanol–water partition coefficient (Wildman–Crippen LogP) is 2.21. The Kier molecular flexibility index (Phi) is 4.57. The van der Waals surface area contributed by atoms with Gasteiger partial charge in [-0.05, 0) is 12.5 Å². The van der Waals surface area contributed by atoms with E-state index in [0.29, 0.717) is 11.8 Å². The number of ether oxygens (including phenoxy) is 1. The van der Waals surface area contributed by atoms with Crippen LogP contribution in [0.25, 0.3) is 0 Å². The maximum absolute atomic E-state index is 12.1. The third kappa shape index (κ3) is 3.35. The van der Waals surface area contributed by atoms with E-state index >= 15 is 0 Å². The molecule has 0 saturated heterocycles. The maximum Gasteiger partial charge on any atom is 0.324 e. The summed E-state index contributed by atoms with van der Waals surface area (Å²) in [5.74, 6) is -0.262. The molecule has 2 rings (SSSR count). The lowest BCUT2D eigenvalue weighted by atomic mass is 10.1. The normalized spacial score (nSPS) is 12.1. The van der Waals surface area contributed by atoms with Crippen molar-refractivity contribution in [2.24, 2.45) is 7.05 Å². The highest BCUT2D eigenvalue weighted by Crippen LogP contribution is 2.34. The van der Waals surface area contributed by atoms with Gasteiger partial charge >= 0.3 is 5.97 Å². The van der Waals surface area contributed by atoms with Crippen molar-refractivity contribution in [3.05, 3.63) is 42.2 Å². The molecule has 0 spiro atoms. The maximum atomic E-state index is 12.1. The molecule has 19 heavy (non-hydrogen) atoms. The molecule has 0 fully saturated rings. The summed E-state index contributed by atoms with van der Waals surface area (Å²) in [5.41, 5.74) is 0.897. The van der Waals surface area contributed by atoms with E-state index in [4.69, 9.17) is 4.74 Å². The lowest BCUT2D eigenvalue weighted by molar-refractivity contribution is -0.142. The number of rotatable bonds is 5. The van der Waals surface area contributed by atoms with Gasteiger partial charge in [-0.2, -0.15) is 5.10 Å². The molecule has 0 saturated carbocycles. The Morgan fingerprint density at radius 1 is 1.42 bits per heavy atom. The number of hydrogen-bond donors (Lipinski definition) is 0. The smallest absolute Gasteiger partial charge is 0.324 e. The molecule has 0 N–H and O–H groups in total. The molecule has 0 amide bonds. The molecule has 0 bridgehead atoms. The molecular weight excluding hydrogens is 262 g/mol. The Bertz CT molecular complexity index is 542. The first-order valence-electron chi connectivity index (χ1n) is 5.94. The highest BCUT2D eigenvalue weighted by Gasteiger charge is 2.25. The second-order valence-electron chi connectivity index (χ2n) is 3.83. The first kappa shape index (κ1) is 13.6. The number of thioether (sulfide) groups is 1. The number of carbonyl (C=O) groups excluding carboxylic acids is 1. The van der Waals surface area contributed by atoms with E-state index in [1.807, 2.05) is 30.3 Å². The van der Waals surface area contributed by atoms with Gasteiger partial charge in [-0.3, -0.25) is 4.79 Å². The van der Waals surface area contributed by atoms with E-state index in [1.54, 1.807) is 18.7 Å². The molecule has 0 radical (unpaired) electrons. The Hall–Kier alpha value is -1.82. The average Bonchev–Trinajstić information content (AvgIpc) is 2.82. The van der Waals surface area contributed by atoms with Crippen LogP contribution in [0, 0.1) is 0 Å². The molecule has 6 heteroatoms. The zero-order chi connectivity index (χ0) is 13.7. The number of aromatic nitrogens is 3. The third-order valence-corrected chi connectivity index (χ3v) is 3.78. The van der Waals surface area contributed by atoms with Crippen molar-refractivity contribution in [1.82, 2.24) is 14.8 Å². The van der Waals surface area contributed by atoms with Crippen LogP contribution in [0.2, 0.25) is 0 Å². The largest absolute Gasteiger partial charge is 0.465 e. The summed E-state index contributed by atoms with van der Waals surface area (Å²) < 4.78 is 6.77. The van der Waals surface area contributed by atoms with Gasteiger partial charge in [0.25, 0.3) is 0 Å². The summed E-state index contributed by atoms with van der Waals surface area (Å²) >= 11 is 1.34. The fourth-order valence-electron chi connectivity index (χ4n) is 1.60. The second-order valence-corrected chi connectivity index (χ2v) is 4.90. The third-order valence-electron chi connectivity index (χ3n) is 2.50. The standard InChI is InChI=1S/C13H15N3O2S/c1-3-18-12(17)11(10-7-5-4-6-8-10)19-13-14-9-15-16(13)2/h4-9,11H,3H2,1-2H3. The monoisotopic (exact) mass is 277 g/mol. The van der Waals surface area contributed by atoms with Crippen molar-refractivity contribution in [2.45, 2.75) is 17.3 Å². The van der Waals surface area contributed by atoms with Crippen molar-refractivity contribution < 1.29 is 9.53 Å². The van der Waals surface area contributed by atoms with Crippen LogP contribution in [0.15, 0.2) is 41.8 Å². The second kappa shape index (κ2) is 6.38. The summed E-state index contributed by atoms with van der Waals surface area (Å²) in [7, 11) is 1.79. The molecule has 1 aromatic heterocycles. The van der Waals surface area contributed by atoms with Gasteiger partial charge in [0.2, 0.25) is 0 Å². The summed E-state index contributed by atoms with van der Waals surface area (Å²) in [5, 5.41) is 4.26. The molecule has 1 atom stereocenters. The fourth-order valence-corrected chi connectivity index (χ4v) is 2.57. The van der Waals surface area contributed by atoms with E-state index in [0.717, 1.165) is 5.56 Å². The van der Waals surface area contributed by atoms with Crippen LogP contribution >= 0.6 is 11.8 Å². The highest BCUT2D eigenvalue weighted by molar-refractivity contribution is 8.00. The minimum absolute atomic E-state index is 0.262. The quantitative estimate of drug-likeness (QED) is 0.619. The first-order chi connectivity index (χ1) is 9.22. The van der Waals surface area contributed by atoms with E-state index in [9.17, 15) is 4.79 Å². The molecule has 1 heterocycles. The van der Waals surface area contributed by atoms with E-state index in [1.165, 1.54) is 18.1 Å². The van der Waals surface area contributed by atoms with Crippen LogP contribution < -0.4 is 0 Å². The van der Waals surface area contributed by atoms with Gasteiger partial charge in [-0.15, -0.1) is 0 Å². The minimum atomic E-state index is -0.427. The average molecular weight is 277 g/mol. The van der Waals surface area contributed by atoms with Crippen LogP contribution in [0.1, 0.15) is 17.7 Å². The topological polar surface area (TPSA) is 57.0 Å². The molecule has 1 unspecified atom stereocenters. The van der Waals surface area contributed by atoms with Gasteiger partial charge in [0, 0.05) is 7.05 Å². The van der Waals surface area contributed by atoms with Gasteiger partial charge in [0.1, 0.15) is 11.6 Å². The summed E-state index contributed by atoms with van der Waals surface area (Å²) in [6, 6.07) is 9.53. The Morgan fingerprint density at radius 2 is 2.16 bits per heavy atom. The molecule has 0 aliphatic rings. The number of nitrogens with zero attached hydrogens (tertiary/aromatic N) is 3. The van der Waals surface area contributed by atoms with Crippen LogP contribution in [-0.4, -0.2) is 27.3 Å². The van der Waals surface area contributed by atoms with E-state index in [-0.39, 0.29) is 5.97 Å². The van der Waals surface area contributed by atoms with Crippen LogP contribution in [0.4, 0.5) is 0 Å². The molecule has 0 aliphatic heterocycles. The number of carbonyl (C=O) groups is 1. The summed E-state index contributed by atoms with van der Waals surface area (Å²) in [6.07, 6.45) is 1.47. The van der Waals surface area contributed by atoms with Crippen LogP contribution in [0.5, 0.6) is 0 Å². The first-order valence-corrected chi connectivity index (χ1v) is 6.82. The minimum Gasteiger partial charge on any atom is -0.465 e. The van der Waals surface area contributed by atoms with Gasteiger partial charge < -0.3 is 4.74 Å². The molecular formula is C13H15N3O2S. The van der Waals surface area contributed by atoms with Crippen molar-refractivity contribution in [3.8, 4) is 0 Å². The van der Waals surface area contributed by atoms with Gasteiger partial charge in [0.15, 0.2) is 5.16 Å². The number of benzene rings is 1. The fraction of sp³-hybridized carbons (Fsp3) is 0.308. The Labute approximate surface area is 116 Å².